The lowest BCUT2D eigenvalue weighted by Gasteiger charge is -2.11. The van der Waals surface area contributed by atoms with E-state index < -0.39 is 11.8 Å². The van der Waals surface area contributed by atoms with Crippen molar-refractivity contribution in [3.05, 3.63) is 22.4 Å². The van der Waals surface area contributed by atoms with Gasteiger partial charge >= 0.3 is 0 Å². The molecule has 0 aliphatic rings. The SMILES string of the molecule is CC[C@@H](C)C(=O)NCC(=O)NNC(=O)c1cc(Br)cn1C. The minimum Gasteiger partial charge on any atom is -0.347 e. The maximum Gasteiger partial charge on any atom is 0.286 e. The van der Waals surface area contributed by atoms with Crippen LogP contribution in [0.3, 0.4) is 0 Å². The first kappa shape index (κ1) is 17.2. The van der Waals surface area contributed by atoms with Crippen LogP contribution in [0.5, 0.6) is 0 Å². The second kappa shape index (κ2) is 7.82. The van der Waals surface area contributed by atoms with Crippen LogP contribution >= 0.6 is 15.9 Å². The molecule has 3 N–H and O–H groups in total. The molecule has 7 nitrogen and oxygen atoms in total. The molecule has 0 saturated heterocycles. The molecule has 116 valence electrons. The Labute approximate surface area is 131 Å². The number of nitrogens with zero attached hydrogens (tertiary/aromatic N) is 1. The van der Waals surface area contributed by atoms with Gasteiger partial charge in [0.25, 0.3) is 11.8 Å². The van der Waals surface area contributed by atoms with Gasteiger partial charge in [0.1, 0.15) is 5.69 Å². The summed E-state index contributed by atoms with van der Waals surface area (Å²) in [5.74, 6) is -1.27. The molecule has 0 aliphatic carbocycles. The Kier molecular flexibility index (Phi) is 6.41. The number of halogens is 1. The van der Waals surface area contributed by atoms with Crippen molar-refractivity contribution < 1.29 is 14.4 Å². The molecular formula is C13H19BrN4O3. The lowest BCUT2D eigenvalue weighted by Crippen LogP contribution is -2.47. The van der Waals surface area contributed by atoms with Gasteiger partial charge in [0.2, 0.25) is 5.91 Å². The molecule has 1 aromatic heterocycles. The van der Waals surface area contributed by atoms with E-state index in [-0.39, 0.29) is 18.4 Å². The number of aryl methyl sites for hydroxylation is 1. The van der Waals surface area contributed by atoms with E-state index in [1.54, 1.807) is 30.8 Å². The zero-order valence-electron chi connectivity index (χ0n) is 12.2. The highest BCUT2D eigenvalue weighted by Crippen LogP contribution is 2.13. The summed E-state index contributed by atoms with van der Waals surface area (Å²) in [6, 6.07) is 1.63. The minimum absolute atomic E-state index is 0.145. The second-order valence-corrected chi connectivity index (χ2v) is 5.60. The standard InChI is InChI=1S/C13H19BrN4O3/c1-4-8(2)12(20)15-6-11(19)16-17-13(21)10-5-9(14)7-18(10)3/h5,7-8H,4,6H2,1-3H3,(H,15,20)(H,16,19)(H,17,21)/t8-/m1/s1. The predicted octanol–water partition coefficient (Wildman–Crippen LogP) is 0.711. The quantitative estimate of drug-likeness (QED) is 0.676. The first-order valence-corrected chi connectivity index (χ1v) is 7.33. The van der Waals surface area contributed by atoms with Crippen molar-refractivity contribution in [2.24, 2.45) is 13.0 Å². The second-order valence-electron chi connectivity index (χ2n) is 4.68. The maximum atomic E-state index is 11.8. The molecule has 8 heteroatoms. The van der Waals surface area contributed by atoms with E-state index in [2.05, 4.69) is 32.1 Å². The zero-order chi connectivity index (χ0) is 16.0. The van der Waals surface area contributed by atoms with Crippen LogP contribution in [-0.2, 0) is 16.6 Å². The smallest absolute Gasteiger partial charge is 0.286 e. The minimum atomic E-state index is -0.492. The Bertz CT molecular complexity index is 542. The van der Waals surface area contributed by atoms with Gasteiger partial charge in [0.15, 0.2) is 0 Å². The van der Waals surface area contributed by atoms with Crippen molar-refractivity contribution in [1.29, 1.82) is 0 Å². The van der Waals surface area contributed by atoms with Gasteiger partial charge in [-0.3, -0.25) is 25.2 Å². The van der Waals surface area contributed by atoms with Gasteiger partial charge < -0.3 is 9.88 Å². The molecule has 3 amide bonds. The summed E-state index contributed by atoms with van der Waals surface area (Å²) in [5, 5.41) is 2.50. The normalized spacial score (nSPS) is 11.6. The van der Waals surface area contributed by atoms with E-state index >= 15 is 0 Å². The lowest BCUT2D eigenvalue weighted by atomic mass is 10.1. The summed E-state index contributed by atoms with van der Waals surface area (Å²) in [5.41, 5.74) is 4.93. The third kappa shape index (κ3) is 5.22. The average molecular weight is 359 g/mol. The highest BCUT2D eigenvalue weighted by Gasteiger charge is 2.14. The van der Waals surface area contributed by atoms with E-state index in [1.807, 2.05) is 6.92 Å². The predicted molar refractivity (Wildman–Crippen MR) is 81.2 cm³/mol. The fourth-order valence-corrected chi connectivity index (χ4v) is 2.04. The summed E-state index contributed by atoms with van der Waals surface area (Å²) in [4.78, 5) is 34.8. The van der Waals surface area contributed by atoms with E-state index in [9.17, 15) is 14.4 Å². The fourth-order valence-electron chi connectivity index (χ4n) is 1.51. The van der Waals surface area contributed by atoms with Crippen molar-refractivity contribution in [3.8, 4) is 0 Å². The van der Waals surface area contributed by atoms with E-state index in [1.165, 1.54) is 0 Å². The summed E-state index contributed by atoms with van der Waals surface area (Å²) < 4.78 is 2.39. The van der Waals surface area contributed by atoms with Crippen LogP contribution in [0.1, 0.15) is 30.8 Å². The Morgan fingerprint density at radius 1 is 1.33 bits per heavy atom. The number of nitrogens with one attached hydrogen (secondary N) is 3. The van der Waals surface area contributed by atoms with E-state index in [0.29, 0.717) is 12.1 Å². The van der Waals surface area contributed by atoms with Crippen LogP contribution in [0.4, 0.5) is 0 Å². The summed E-state index contributed by atoms with van der Waals surface area (Å²) in [6.45, 7) is 3.49. The molecule has 21 heavy (non-hydrogen) atoms. The topological polar surface area (TPSA) is 92.2 Å². The van der Waals surface area contributed by atoms with Crippen LogP contribution in [0.2, 0.25) is 0 Å². The number of amides is 3. The van der Waals surface area contributed by atoms with Crippen molar-refractivity contribution in [2.45, 2.75) is 20.3 Å². The first-order chi connectivity index (χ1) is 9.85. The van der Waals surface area contributed by atoms with Crippen LogP contribution in [-0.4, -0.2) is 28.8 Å². The average Bonchev–Trinajstić information content (AvgIpc) is 2.79. The van der Waals surface area contributed by atoms with Gasteiger partial charge in [-0.15, -0.1) is 0 Å². The summed E-state index contributed by atoms with van der Waals surface area (Å²) >= 11 is 3.26. The lowest BCUT2D eigenvalue weighted by molar-refractivity contribution is -0.128. The molecule has 0 saturated carbocycles. The van der Waals surface area contributed by atoms with Gasteiger partial charge in [-0.25, -0.2) is 0 Å². The molecule has 0 fully saturated rings. The van der Waals surface area contributed by atoms with Gasteiger partial charge in [0, 0.05) is 23.6 Å². The van der Waals surface area contributed by atoms with E-state index in [4.69, 9.17) is 0 Å². The molecule has 0 aromatic carbocycles. The molecule has 1 atom stereocenters. The first-order valence-electron chi connectivity index (χ1n) is 6.53. The van der Waals surface area contributed by atoms with Crippen molar-refractivity contribution in [1.82, 2.24) is 20.7 Å². The fraction of sp³-hybridized carbons (Fsp3) is 0.462. The third-order valence-corrected chi connectivity index (χ3v) is 3.44. The molecule has 0 unspecified atom stereocenters. The van der Waals surface area contributed by atoms with Crippen molar-refractivity contribution in [2.75, 3.05) is 6.54 Å². The number of rotatable bonds is 5. The summed E-state index contributed by atoms with van der Waals surface area (Å²) in [7, 11) is 1.72. The zero-order valence-corrected chi connectivity index (χ0v) is 13.8. The van der Waals surface area contributed by atoms with Crippen molar-refractivity contribution >= 4 is 33.7 Å². The number of aromatic nitrogens is 1. The third-order valence-electron chi connectivity index (χ3n) is 3.00. The van der Waals surface area contributed by atoms with Gasteiger partial charge in [-0.05, 0) is 28.4 Å². The largest absolute Gasteiger partial charge is 0.347 e. The van der Waals surface area contributed by atoms with E-state index in [0.717, 1.165) is 4.47 Å². The molecule has 0 spiro atoms. The molecule has 1 heterocycles. The molecular weight excluding hydrogens is 340 g/mol. The van der Waals surface area contributed by atoms with Gasteiger partial charge in [0.05, 0.1) is 6.54 Å². The number of hydrazine groups is 1. The summed E-state index contributed by atoms with van der Waals surface area (Å²) in [6.07, 6.45) is 2.43. The number of hydrogen-bond acceptors (Lipinski definition) is 3. The number of hydrogen-bond donors (Lipinski definition) is 3. The number of carbonyl (C=O) groups is 3. The highest BCUT2D eigenvalue weighted by molar-refractivity contribution is 9.10. The van der Waals surface area contributed by atoms with Crippen LogP contribution in [0.25, 0.3) is 0 Å². The Morgan fingerprint density at radius 3 is 2.52 bits per heavy atom. The maximum absolute atomic E-state index is 11.8. The Hall–Kier alpha value is -1.83. The van der Waals surface area contributed by atoms with Crippen LogP contribution in [0.15, 0.2) is 16.7 Å². The molecule has 0 aliphatic heterocycles. The molecule has 0 radical (unpaired) electrons. The molecule has 1 aromatic rings. The van der Waals surface area contributed by atoms with Crippen LogP contribution < -0.4 is 16.2 Å². The van der Waals surface area contributed by atoms with Gasteiger partial charge in [-0.1, -0.05) is 13.8 Å². The monoisotopic (exact) mass is 358 g/mol. The number of carbonyl (C=O) groups excluding carboxylic acids is 3. The van der Waals surface area contributed by atoms with Gasteiger partial charge in [-0.2, -0.15) is 0 Å². The van der Waals surface area contributed by atoms with Crippen LogP contribution in [0, 0.1) is 5.92 Å². The Balaban J connectivity index is 2.38. The molecule has 0 bridgehead atoms. The Morgan fingerprint density at radius 2 is 2.00 bits per heavy atom. The molecule has 1 rings (SSSR count). The highest BCUT2D eigenvalue weighted by atomic mass is 79.9. The van der Waals surface area contributed by atoms with Crippen molar-refractivity contribution in [3.63, 3.8) is 0 Å².